The number of aromatic amines is 2. The van der Waals surface area contributed by atoms with Crippen molar-refractivity contribution in [1.29, 1.82) is 0 Å². The largest absolute Gasteiger partial charge is 0.497 e. The molecule has 4 nitrogen and oxygen atoms in total. The Kier molecular flexibility index (Phi) is 5.64. The van der Waals surface area contributed by atoms with Crippen molar-refractivity contribution < 1.29 is 9.47 Å². The van der Waals surface area contributed by atoms with Crippen LogP contribution < -0.4 is 9.47 Å². The second kappa shape index (κ2) is 7.95. The molecule has 0 amide bonds. The minimum atomic E-state index is 0.0237. The van der Waals surface area contributed by atoms with Gasteiger partial charge in [0.05, 0.1) is 20.1 Å². The maximum atomic E-state index is 5.73. The first-order valence-electron chi connectivity index (χ1n) is 9.60. The van der Waals surface area contributed by atoms with E-state index in [1.165, 1.54) is 33.6 Å². The number of methoxy groups -OCH3 is 2. The molecule has 0 radical (unpaired) electrons. The number of nitrogens with one attached hydrogen (secondary N) is 2. The molecule has 4 heteroatoms. The highest BCUT2D eigenvalue weighted by Gasteiger charge is 2.28. The van der Waals surface area contributed by atoms with Crippen LogP contribution in [0.4, 0.5) is 0 Å². The van der Waals surface area contributed by atoms with E-state index in [4.69, 9.17) is 9.47 Å². The summed E-state index contributed by atoms with van der Waals surface area (Å²) in [4.78, 5) is 7.10. The molecule has 1 aromatic carbocycles. The van der Waals surface area contributed by atoms with Gasteiger partial charge in [-0.15, -0.1) is 0 Å². The molecule has 3 aromatic rings. The molecule has 0 atom stereocenters. The molecule has 0 bridgehead atoms. The first-order chi connectivity index (χ1) is 13.0. The highest BCUT2D eigenvalue weighted by Crippen LogP contribution is 2.41. The Labute approximate surface area is 161 Å². The summed E-state index contributed by atoms with van der Waals surface area (Å²) >= 11 is 0. The first kappa shape index (κ1) is 19.2. The highest BCUT2D eigenvalue weighted by molar-refractivity contribution is 5.53. The van der Waals surface area contributed by atoms with Crippen molar-refractivity contribution in [2.24, 2.45) is 0 Å². The first-order valence-corrected chi connectivity index (χ1v) is 9.60. The smallest absolute Gasteiger partial charge is 0.123 e. The topological polar surface area (TPSA) is 50.0 Å². The molecule has 3 rings (SSSR count). The van der Waals surface area contributed by atoms with Crippen LogP contribution in [0, 0.1) is 13.8 Å². The summed E-state index contributed by atoms with van der Waals surface area (Å²) in [5.41, 5.74) is 8.79. The average molecular weight is 367 g/mol. The number of aromatic nitrogens is 2. The third-order valence-electron chi connectivity index (χ3n) is 5.66. The Balaban J connectivity index is 2.28. The summed E-state index contributed by atoms with van der Waals surface area (Å²) in [7, 11) is 3.42. The van der Waals surface area contributed by atoms with Crippen LogP contribution in [0.5, 0.6) is 11.5 Å². The van der Waals surface area contributed by atoms with Crippen LogP contribution in [0.3, 0.4) is 0 Å². The number of aryl methyl sites for hydroxylation is 2. The van der Waals surface area contributed by atoms with Crippen molar-refractivity contribution in [2.45, 2.75) is 46.5 Å². The van der Waals surface area contributed by atoms with Gasteiger partial charge in [-0.3, -0.25) is 0 Å². The number of hydrogen-bond acceptors (Lipinski definition) is 2. The van der Waals surface area contributed by atoms with E-state index in [1.807, 2.05) is 12.1 Å². The van der Waals surface area contributed by atoms with Crippen molar-refractivity contribution in [2.75, 3.05) is 14.2 Å². The maximum absolute atomic E-state index is 5.73. The Bertz CT molecular complexity index is 872. The Morgan fingerprint density at radius 1 is 0.852 bits per heavy atom. The molecule has 2 N–H and O–H groups in total. The normalized spacial score (nSPS) is 11.2. The summed E-state index contributed by atoms with van der Waals surface area (Å²) in [6.07, 6.45) is 6.27. The van der Waals surface area contributed by atoms with Crippen LogP contribution >= 0.6 is 0 Å². The molecular formula is C23H30N2O2. The van der Waals surface area contributed by atoms with Crippen molar-refractivity contribution >= 4 is 0 Å². The Morgan fingerprint density at radius 2 is 1.41 bits per heavy atom. The van der Waals surface area contributed by atoms with E-state index in [1.54, 1.807) is 14.2 Å². The minimum Gasteiger partial charge on any atom is -0.497 e. The van der Waals surface area contributed by atoms with Crippen LogP contribution in [0.15, 0.2) is 30.6 Å². The zero-order valence-electron chi connectivity index (χ0n) is 17.2. The average Bonchev–Trinajstić information content (AvgIpc) is 3.25. The lowest BCUT2D eigenvalue weighted by molar-refractivity contribution is 0.398. The van der Waals surface area contributed by atoms with Gasteiger partial charge in [-0.1, -0.05) is 13.8 Å². The quantitative estimate of drug-likeness (QED) is 0.597. The predicted molar refractivity (Wildman–Crippen MR) is 110 cm³/mol. The molecule has 0 saturated heterocycles. The summed E-state index contributed by atoms with van der Waals surface area (Å²) in [5.74, 6) is 1.71. The third kappa shape index (κ3) is 3.36. The molecule has 0 aliphatic carbocycles. The molecule has 27 heavy (non-hydrogen) atoms. The molecule has 2 aromatic heterocycles. The van der Waals surface area contributed by atoms with E-state index in [9.17, 15) is 0 Å². The van der Waals surface area contributed by atoms with Crippen LogP contribution in [0.2, 0.25) is 0 Å². The van der Waals surface area contributed by atoms with Crippen molar-refractivity contribution in [3.05, 3.63) is 69.8 Å². The molecular weight excluding hydrogens is 336 g/mol. The van der Waals surface area contributed by atoms with E-state index >= 15 is 0 Å². The zero-order valence-corrected chi connectivity index (χ0v) is 17.2. The van der Waals surface area contributed by atoms with Gasteiger partial charge in [-0.25, -0.2) is 0 Å². The number of H-pyrrole nitrogens is 2. The van der Waals surface area contributed by atoms with Gasteiger partial charge in [0.25, 0.3) is 0 Å². The van der Waals surface area contributed by atoms with E-state index in [-0.39, 0.29) is 5.92 Å². The monoisotopic (exact) mass is 366 g/mol. The lowest BCUT2D eigenvalue weighted by atomic mass is 9.86. The van der Waals surface area contributed by atoms with Crippen molar-refractivity contribution in [1.82, 2.24) is 9.97 Å². The van der Waals surface area contributed by atoms with Crippen LogP contribution in [-0.4, -0.2) is 24.2 Å². The predicted octanol–water partition coefficient (Wildman–Crippen LogP) is 5.28. The van der Waals surface area contributed by atoms with Crippen LogP contribution in [-0.2, 0) is 12.8 Å². The van der Waals surface area contributed by atoms with Gasteiger partial charge >= 0.3 is 0 Å². The van der Waals surface area contributed by atoms with Gasteiger partial charge in [0, 0.05) is 29.3 Å². The number of rotatable bonds is 7. The zero-order chi connectivity index (χ0) is 19.6. The van der Waals surface area contributed by atoms with Gasteiger partial charge in [0.1, 0.15) is 11.5 Å². The van der Waals surface area contributed by atoms with Crippen molar-refractivity contribution in [3.63, 3.8) is 0 Å². The fourth-order valence-corrected chi connectivity index (χ4v) is 3.96. The van der Waals surface area contributed by atoms with Gasteiger partial charge in [0.15, 0.2) is 0 Å². The summed E-state index contributed by atoms with van der Waals surface area (Å²) < 4.78 is 11.2. The fourth-order valence-electron chi connectivity index (χ4n) is 3.96. The third-order valence-corrected chi connectivity index (χ3v) is 5.66. The van der Waals surface area contributed by atoms with Gasteiger partial charge < -0.3 is 19.4 Å². The lowest BCUT2D eigenvalue weighted by Gasteiger charge is -2.22. The second-order valence-electron chi connectivity index (χ2n) is 6.95. The maximum Gasteiger partial charge on any atom is 0.123 e. The highest BCUT2D eigenvalue weighted by atomic mass is 16.5. The van der Waals surface area contributed by atoms with E-state index in [2.05, 4.69) is 56.1 Å². The molecule has 0 saturated carbocycles. The van der Waals surface area contributed by atoms with Crippen molar-refractivity contribution in [3.8, 4) is 11.5 Å². The van der Waals surface area contributed by atoms with Crippen LogP contribution in [0.25, 0.3) is 0 Å². The number of hydrogen-bond donors (Lipinski definition) is 2. The second-order valence-corrected chi connectivity index (χ2v) is 6.95. The van der Waals surface area contributed by atoms with Crippen LogP contribution in [0.1, 0.15) is 59.0 Å². The number of ether oxygens (including phenoxy) is 2. The minimum absolute atomic E-state index is 0.0237. The van der Waals surface area contributed by atoms with E-state index < -0.39 is 0 Å². The molecule has 0 fully saturated rings. The summed E-state index contributed by atoms with van der Waals surface area (Å²) in [6.45, 7) is 8.78. The Morgan fingerprint density at radius 3 is 1.81 bits per heavy atom. The fraction of sp³-hybridized carbons (Fsp3) is 0.391. The lowest BCUT2D eigenvalue weighted by Crippen LogP contribution is -2.10. The van der Waals surface area contributed by atoms with Gasteiger partial charge in [-0.2, -0.15) is 0 Å². The molecule has 0 unspecified atom stereocenters. The SMILES string of the molecule is CCc1c[nH]c(C(c2cc(OC)ccc2OC)c2[nH]cc(CC)c2C)c1C. The van der Waals surface area contributed by atoms with Gasteiger partial charge in [0.2, 0.25) is 0 Å². The number of benzene rings is 1. The summed E-state index contributed by atoms with van der Waals surface area (Å²) in [6, 6.07) is 6.01. The van der Waals surface area contributed by atoms with E-state index in [0.717, 1.165) is 29.9 Å². The molecule has 0 aliphatic heterocycles. The Hall–Kier alpha value is -2.62. The molecule has 0 aliphatic rings. The van der Waals surface area contributed by atoms with E-state index in [0.29, 0.717) is 0 Å². The standard InChI is InChI=1S/C23H30N2O2/c1-7-16-12-24-22(14(16)3)21(23-15(4)17(8-2)13-25-23)19-11-18(26-5)9-10-20(19)27-6/h9-13,21,24-25H,7-8H2,1-6H3. The van der Waals surface area contributed by atoms with Gasteiger partial charge in [-0.05, 0) is 67.1 Å². The molecule has 144 valence electrons. The molecule has 2 heterocycles. The molecule has 0 spiro atoms. The summed E-state index contributed by atoms with van der Waals surface area (Å²) in [5, 5.41) is 0.